The van der Waals surface area contributed by atoms with E-state index in [-0.39, 0.29) is 25.9 Å². The molecular formula is C58H97O11P. The average molecular weight is 1000 g/mol. The van der Waals surface area contributed by atoms with Gasteiger partial charge in [-0.25, -0.2) is 4.57 Å². The van der Waals surface area contributed by atoms with Crippen molar-refractivity contribution in [3.63, 3.8) is 0 Å². The molecular weight excluding hydrogens is 904 g/mol. The Morgan fingerprint density at radius 1 is 0.414 bits per heavy atom. The highest BCUT2D eigenvalue weighted by Gasteiger charge is 2.28. The van der Waals surface area contributed by atoms with Crippen LogP contribution in [0.15, 0.2) is 97.2 Å². The molecule has 0 aromatic heterocycles. The van der Waals surface area contributed by atoms with Crippen LogP contribution >= 0.6 is 7.82 Å². The Morgan fingerprint density at radius 2 is 0.743 bits per heavy atom. The molecule has 0 heterocycles. The number of hydrogen-bond acceptors (Lipinski definition) is 10. The number of hydrogen-bond donors (Lipinski definition) is 2. The summed E-state index contributed by atoms with van der Waals surface area (Å²) in [5.41, 5.74) is 0. The summed E-state index contributed by atoms with van der Waals surface area (Å²) in [6.45, 7) is 4.32. The van der Waals surface area contributed by atoms with E-state index in [0.717, 1.165) is 154 Å². The van der Waals surface area contributed by atoms with E-state index in [1.54, 1.807) is 0 Å². The summed E-state index contributed by atoms with van der Waals surface area (Å²) < 4.78 is 39.4. The maximum Gasteiger partial charge on any atom is 0.472 e. The zero-order valence-corrected chi connectivity index (χ0v) is 44.8. The van der Waals surface area contributed by atoms with Crippen molar-refractivity contribution in [1.29, 1.82) is 0 Å². The van der Waals surface area contributed by atoms with Gasteiger partial charge in [-0.05, 0) is 109 Å². The lowest BCUT2D eigenvalue weighted by Gasteiger charge is -2.21. The number of carbonyl (C=O) groups excluding carboxylic acids is 3. The molecule has 0 fully saturated rings. The Labute approximate surface area is 425 Å². The molecule has 3 atom stereocenters. The number of phosphoric ester groups is 1. The van der Waals surface area contributed by atoms with E-state index in [4.69, 9.17) is 23.3 Å². The molecule has 0 amide bonds. The monoisotopic (exact) mass is 1000 g/mol. The summed E-state index contributed by atoms with van der Waals surface area (Å²) >= 11 is 0. The largest absolute Gasteiger partial charge is 0.472 e. The Balaban J connectivity index is 4.82. The minimum atomic E-state index is -4.76. The van der Waals surface area contributed by atoms with E-state index in [1.165, 1.54) is 0 Å². The van der Waals surface area contributed by atoms with Gasteiger partial charge in [-0.3, -0.25) is 23.4 Å². The van der Waals surface area contributed by atoms with E-state index in [0.29, 0.717) is 19.3 Å². The molecule has 70 heavy (non-hydrogen) atoms. The topological polar surface area (TPSA) is 155 Å². The van der Waals surface area contributed by atoms with Crippen LogP contribution in [0.25, 0.3) is 0 Å². The van der Waals surface area contributed by atoms with Gasteiger partial charge < -0.3 is 24.2 Å². The van der Waals surface area contributed by atoms with Gasteiger partial charge in [-0.2, -0.15) is 0 Å². The maximum absolute atomic E-state index is 12.9. The van der Waals surface area contributed by atoms with E-state index < -0.39 is 57.8 Å². The molecule has 0 spiro atoms. The first kappa shape index (κ1) is 66.4. The van der Waals surface area contributed by atoms with Crippen molar-refractivity contribution in [3.8, 4) is 0 Å². The van der Waals surface area contributed by atoms with E-state index >= 15 is 0 Å². The predicted molar refractivity (Wildman–Crippen MR) is 288 cm³/mol. The predicted octanol–water partition coefficient (Wildman–Crippen LogP) is 15.7. The van der Waals surface area contributed by atoms with Crippen molar-refractivity contribution in [2.75, 3.05) is 26.4 Å². The molecule has 0 aliphatic heterocycles. The Morgan fingerprint density at radius 3 is 1.14 bits per heavy atom. The van der Waals surface area contributed by atoms with E-state index in [1.807, 2.05) is 0 Å². The summed E-state index contributed by atoms with van der Waals surface area (Å²) in [5, 5.41) is 9.79. The summed E-state index contributed by atoms with van der Waals surface area (Å²) in [4.78, 5) is 48.4. The van der Waals surface area contributed by atoms with Crippen LogP contribution in [0, 0.1) is 0 Å². The Bertz CT molecular complexity index is 1540. The van der Waals surface area contributed by atoms with E-state index in [9.17, 15) is 28.9 Å². The van der Waals surface area contributed by atoms with Gasteiger partial charge in [0.15, 0.2) is 6.10 Å². The minimum absolute atomic E-state index is 0.131. The molecule has 0 bridgehead atoms. The second-order valence-corrected chi connectivity index (χ2v) is 19.1. The zero-order valence-electron chi connectivity index (χ0n) is 43.9. The van der Waals surface area contributed by atoms with Crippen molar-refractivity contribution in [1.82, 2.24) is 0 Å². The first-order chi connectivity index (χ1) is 34.2. The summed E-state index contributed by atoms with van der Waals surface area (Å²) in [6.07, 6.45) is 59.4. The molecule has 0 aromatic carbocycles. The minimum Gasteiger partial charge on any atom is -0.462 e. The SMILES string of the molecule is CC/C=C\C/C=C\C/C=C\C/C=C\CCCCCCC(=O)OC(COC(=O)CCCCCCC/C=C\C/C=C\CCC)COP(=O)(O)OCC(CO)OC(=O)CCCCCCC/C=C\C/C=C\CCC. The van der Waals surface area contributed by atoms with Gasteiger partial charge in [0.2, 0.25) is 0 Å². The van der Waals surface area contributed by atoms with Crippen molar-refractivity contribution < 1.29 is 52.2 Å². The number of esters is 3. The second-order valence-electron chi connectivity index (χ2n) is 17.7. The van der Waals surface area contributed by atoms with Gasteiger partial charge in [-0.1, -0.05) is 182 Å². The van der Waals surface area contributed by atoms with Crippen molar-refractivity contribution in [2.24, 2.45) is 0 Å². The first-order valence-electron chi connectivity index (χ1n) is 27.1. The molecule has 0 radical (unpaired) electrons. The quantitative estimate of drug-likeness (QED) is 0.0197. The van der Waals surface area contributed by atoms with Crippen LogP contribution in [0.3, 0.4) is 0 Å². The highest BCUT2D eigenvalue weighted by Crippen LogP contribution is 2.43. The molecule has 0 aromatic rings. The second kappa shape index (κ2) is 51.7. The summed E-state index contributed by atoms with van der Waals surface area (Å²) in [7, 11) is -4.76. The molecule has 0 aliphatic rings. The molecule has 12 heteroatoms. The number of carbonyl (C=O) groups is 3. The van der Waals surface area contributed by atoms with Crippen molar-refractivity contribution >= 4 is 25.7 Å². The highest BCUT2D eigenvalue weighted by molar-refractivity contribution is 7.47. The number of unbranched alkanes of at least 4 members (excludes halogenated alkanes) is 16. The van der Waals surface area contributed by atoms with Crippen LogP contribution in [-0.4, -0.2) is 66.5 Å². The lowest BCUT2D eigenvalue weighted by molar-refractivity contribution is -0.161. The van der Waals surface area contributed by atoms with Gasteiger partial charge in [0.25, 0.3) is 0 Å². The van der Waals surface area contributed by atoms with Crippen LogP contribution in [0.4, 0.5) is 0 Å². The molecule has 0 aliphatic carbocycles. The van der Waals surface area contributed by atoms with Crippen molar-refractivity contribution in [2.45, 2.75) is 226 Å². The standard InChI is InChI=1S/C58H97O11P/c1-4-7-10-13-16-19-22-25-26-27-28-31-34-37-40-43-46-49-58(62)69-55(51-65-56(60)47-44-41-38-35-32-29-23-20-17-14-11-8-5-2)53-67-70(63,64)66-52-54(50-59)68-57(61)48-45-42-39-36-33-30-24-21-18-15-12-9-6-3/h7,10-12,14-16,19-21,23-26,28,31,54-55,59H,4-6,8-9,13,17-18,22,27,29-30,32-53H2,1-3H3,(H,63,64)/b10-7-,14-11-,15-12-,19-16-,23-20-,24-21-,26-25-,31-28-. The number of aliphatic hydroxyl groups is 1. The fourth-order valence-corrected chi connectivity index (χ4v) is 7.62. The Hall–Kier alpha value is -3.60. The normalized spacial score (nSPS) is 14.2. The van der Waals surface area contributed by atoms with Gasteiger partial charge >= 0.3 is 25.7 Å². The van der Waals surface area contributed by atoms with E-state index in [2.05, 4.69) is 118 Å². The molecule has 0 saturated heterocycles. The molecule has 3 unspecified atom stereocenters. The number of phosphoric acid groups is 1. The van der Waals surface area contributed by atoms with Crippen molar-refractivity contribution in [3.05, 3.63) is 97.2 Å². The fraction of sp³-hybridized carbons (Fsp3) is 0.672. The lowest BCUT2D eigenvalue weighted by atomic mass is 10.1. The number of ether oxygens (including phenoxy) is 3. The molecule has 2 N–H and O–H groups in total. The fourth-order valence-electron chi connectivity index (χ4n) is 6.83. The average Bonchev–Trinajstić information content (AvgIpc) is 3.35. The molecule has 0 rings (SSSR count). The maximum atomic E-state index is 12.9. The summed E-state index contributed by atoms with van der Waals surface area (Å²) in [6, 6.07) is 0. The molecule has 400 valence electrons. The van der Waals surface area contributed by atoms with Crippen LogP contribution in [0.5, 0.6) is 0 Å². The molecule has 11 nitrogen and oxygen atoms in total. The third kappa shape index (κ3) is 49.4. The number of rotatable bonds is 49. The first-order valence-corrected chi connectivity index (χ1v) is 28.6. The van der Waals surface area contributed by atoms with Crippen LogP contribution in [0.2, 0.25) is 0 Å². The lowest BCUT2D eigenvalue weighted by Crippen LogP contribution is -2.30. The summed E-state index contributed by atoms with van der Waals surface area (Å²) in [5.74, 6) is -1.53. The third-order valence-corrected chi connectivity index (χ3v) is 11.9. The van der Waals surface area contributed by atoms with Gasteiger partial charge in [0, 0.05) is 19.3 Å². The van der Waals surface area contributed by atoms with Gasteiger partial charge in [0.1, 0.15) is 12.7 Å². The number of allylic oxidation sites excluding steroid dienone is 16. The Kier molecular flexibility index (Phi) is 49.1. The number of aliphatic hydroxyl groups excluding tert-OH is 1. The van der Waals surface area contributed by atoms with Gasteiger partial charge in [-0.15, -0.1) is 0 Å². The molecule has 0 saturated carbocycles. The highest BCUT2D eigenvalue weighted by atomic mass is 31.2. The van der Waals surface area contributed by atoms with Crippen LogP contribution in [0.1, 0.15) is 213 Å². The smallest absolute Gasteiger partial charge is 0.462 e. The van der Waals surface area contributed by atoms with Crippen LogP contribution in [-0.2, 0) is 42.2 Å². The zero-order chi connectivity index (χ0) is 51.3. The van der Waals surface area contributed by atoms with Crippen LogP contribution < -0.4 is 0 Å². The third-order valence-electron chi connectivity index (χ3n) is 10.9. The van der Waals surface area contributed by atoms with Gasteiger partial charge in [0.05, 0.1) is 19.8 Å².